The van der Waals surface area contributed by atoms with Gasteiger partial charge in [0.05, 0.1) is 11.1 Å². The monoisotopic (exact) mass is 291 g/mol. The Hall–Kier alpha value is -1.59. The molecule has 1 N–H and O–H groups in total. The van der Waals surface area contributed by atoms with Crippen molar-refractivity contribution >= 4 is 5.91 Å². The summed E-state index contributed by atoms with van der Waals surface area (Å²) >= 11 is 0. The first-order chi connectivity index (χ1) is 9.16. The molecule has 1 amide bonds. The number of carbonyl (C=O) groups is 1. The van der Waals surface area contributed by atoms with Crippen molar-refractivity contribution in [3.63, 3.8) is 0 Å². The van der Waals surface area contributed by atoms with Crippen molar-refractivity contribution in [3.05, 3.63) is 35.1 Å². The standard InChI is InChI=1S/C14H17F4NO/c1-4-12(8(2)3)19-13(20)10-7-9(14(16,17)18)5-6-11(10)15/h5-8,12H,4H2,1-3H3,(H,19,20). The van der Waals surface area contributed by atoms with Gasteiger partial charge in [0.25, 0.3) is 5.91 Å². The number of carbonyl (C=O) groups excluding carboxylic acids is 1. The molecular weight excluding hydrogens is 274 g/mol. The van der Waals surface area contributed by atoms with Gasteiger partial charge in [0.2, 0.25) is 0 Å². The van der Waals surface area contributed by atoms with Crippen molar-refractivity contribution in [1.29, 1.82) is 0 Å². The number of amides is 1. The van der Waals surface area contributed by atoms with E-state index in [0.29, 0.717) is 24.6 Å². The fourth-order valence-electron chi connectivity index (χ4n) is 1.86. The summed E-state index contributed by atoms with van der Waals surface area (Å²) in [5, 5.41) is 2.56. The maximum Gasteiger partial charge on any atom is 0.416 e. The molecule has 0 aliphatic rings. The molecule has 0 saturated carbocycles. The van der Waals surface area contributed by atoms with Crippen molar-refractivity contribution in [3.8, 4) is 0 Å². The van der Waals surface area contributed by atoms with Crippen LogP contribution in [0.5, 0.6) is 0 Å². The molecule has 0 bridgehead atoms. The van der Waals surface area contributed by atoms with Crippen molar-refractivity contribution in [2.24, 2.45) is 5.92 Å². The number of hydrogen-bond donors (Lipinski definition) is 1. The number of nitrogens with one attached hydrogen (secondary N) is 1. The fraction of sp³-hybridized carbons (Fsp3) is 0.500. The minimum atomic E-state index is -4.61. The van der Waals surface area contributed by atoms with Crippen LogP contribution in [0.3, 0.4) is 0 Å². The summed E-state index contributed by atoms with van der Waals surface area (Å²) in [6, 6.07) is 1.61. The van der Waals surface area contributed by atoms with Crippen molar-refractivity contribution in [1.82, 2.24) is 5.32 Å². The average Bonchev–Trinajstić information content (AvgIpc) is 2.34. The van der Waals surface area contributed by atoms with Crippen LogP contribution < -0.4 is 5.32 Å². The number of hydrogen-bond acceptors (Lipinski definition) is 1. The summed E-state index contributed by atoms with van der Waals surface area (Å²) in [5.41, 5.74) is -1.62. The van der Waals surface area contributed by atoms with Crippen molar-refractivity contribution in [2.75, 3.05) is 0 Å². The molecule has 0 fully saturated rings. The van der Waals surface area contributed by atoms with Gasteiger partial charge in [0.15, 0.2) is 0 Å². The quantitative estimate of drug-likeness (QED) is 0.834. The second-order valence-electron chi connectivity index (χ2n) is 4.92. The highest BCUT2D eigenvalue weighted by Gasteiger charge is 2.32. The molecule has 1 aromatic carbocycles. The van der Waals surface area contributed by atoms with E-state index in [1.165, 1.54) is 0 Å². The Bertz CT molecular complexity index is 483. The van der Waals surface area contributed by atoms with Crippen LogP contribution in [-0.2, 0) is 6.18 Å². The summed E-state index contributed by atoms with van der Waals surface area (Å²) in [6.07, 6.45) is -3.99. The molecule has 0 aliphatic carbocycles. The summed E-state index contributed by atoms with van der Waals surface area (Å²) in [6.45, 7) is 5.58. The summed E-state index contributed by atoms with van der Waals surface area (Å²) in [7, 11) is 0. The predicted octanol–water partition coefficient (Wildman–Crippen LogP) is 4.01. The van der Waals surface area contributed by atoms with Crippen LogP contribution in [0, 0.1) is 11.7 Å². The van der Waals surface area contributed by atoms with Crippen LogP contribution in [-0.4, -0.2) is 11.9 Å². The Balaban J connectivity index is 3.03. The Morgan fingerprint density at radius 1 is 1.30 bits per heavy atom. The first kappa shape index (κ1) is 16.5. The van der Waals surface area contributed by atoms with Crippen molar-refractivity contribution < 1.29 is 22.4 Å². The zero-order valence-electron chi connectivity index (χ0n) is 11.5. The molecule has 0 aromatic heterocycles. The highest BCUT2D eigenvalue weighted by molar-refractivity contribution is 5.94. The predicted molar refractivity (Wildman–Crippen MR) is 67.8 cm³/mol. The largest absolute Gasteiger partial charge is 0.416 e. The molecular formula is C14H17F4NO. The van der Waals surface area contributed by atoms with Gasteiger partial charge in [-0.25, -0.2) is 4.39 Å². The summed E-state index contributed by atoms with van der Waals surface area (Å²) < 4.78 is 51.2. The van der Waals surface area contributed by atoms with E-state index in [1.54, 1.807) is 0 Å². The lowest BCUT2D eigenvalue weighted by Gasteiger charge is -2.21. The average molecular weight is 291 g/mol. The molecule has 2 nitrogen and oxygen atoms in total. The van der Waals surface area contributed by atoms with Gasteiger partial charge in [-0.2, -0.15) is 13.2 Å². The first-order valence-electron chi connectivity index (χ1n) is 6.34. The van der Waals surface area contributed by atoms with Gasteiger partial charge in [0, 0.05) is 6.04 Å². The van der Waals surface area contributed by atoms with Crippen LogP contribution in [0.15, 0.2) is 18.2 Å². The van der Waals surface area contributed by atoms with Gasteiger partial charge in [-0.1, -0.05) is 20.8 Å². The molecule has 112 valence electrons. The van der Waals surface area contributed by atoms with Crippen LogP contribution in [0.4, 0.5) is 17.6 Å². The van der Waals surface area contributed by atoms with Gasteiger partial charge in [-0.05, 0) is 30.5 Å². The van der Waals surface area contributed by atoms with E-state index in [4.69, 9.17) is 0 Å². The molecule has 0 spiro atoms. The maximum atomic E-state index is 13.5. The first-order valence-corrected chi connectivity index (χ1v) is 6.34. The third-order valence-corrected chi connectivity index (χ3v) is 3.10. The smallest absolute Gasteiger partial charge is 0.349 e. The second kappa shape index (κ2) is 6.24. The second-order valence-corrected chi connectivity index (χ2v) is 4.92. The lowest BCUT2D eigenvalue weighted by atomic mass is 10.0. The maximum absolute atomic E-state index is 13.5. The normalized spacial score (nSPS) is 13.4. The van der Waals surface area contributed by atoms with Gasteiger partial charge < -0.3 is 5.32 Å². The van der Waals surface area contributed by atoms with Gasteiger partial charge in [0.1, 0.15) is 5.82 Å². The lowest BCUT2D eigenvalue weighted by molar-refractivity contribution is -0.137. The molecule has 6 heteroatoms. The van der Waals surface area contributed by atoms with Gasteiger partial charge in [-0.3, -0.25) is 4.79 Å². The zero-order valence-corrected chi connectivity index (χ0v) is 11.5. The van der Waals surface area contributed by atoms with E-state index >= 15 is 0 Å². The van der Waals surface area contributed by atoms with E-state index in [9.17, 15) is 22.4 Å². The van der Waals surface area contributed by atoms with E-state index in [1.807, 2.05) is 20.8 Å². The van der Waals surface area contributed by atoms with Gasteiger partial charge in [-0.15, -0.1) is 0 Å². The number of rotatable bonds is 4. The Morgan fingerprint density at radius 3 is 2.35 bits per heavy atom. The Kier molecular flexibility index (Phi) is 5.14. The minimum absolute atomic E-state index is 0.109. The molecule has 0 aliphatic heterocycles. The number of alkyl halides is 3. The summed E-state index contributed by atoms with van der Waals surface area (Å²) in [4.78, 5) is 11.9. The Labute approximate surface area is 115 Å². The number of halogens is 4. The molecule has 20 heavy (non-hydrogen) atoms. The fourth-order valence-corrected chi connectivity index (χ4v) is 1.86. The molecule has 1 aromatic rings. The van der Waals surface area contributed by atoms with E-state index < -0.39 is 29.0 Å². The molecule has 0 radical (unpaired) electrons. The minimum Gasteiger partial charge on any atom is -0.349 e. The third kappa shape index (κ3) is 3.95. The highest BCUT2D eigenvalue weighted by atomic mass is 19.4. The molecule has 1 atom stereocenters. The SMILES string of the molecule is CCC(NC(=O)c1cc(C(F)(F)F)ccc1F)C(C)C. The van der Waals surface area contributed by atoms with Crippen LogP contribution in [0.2, 0.25) is 0 Å². The number of benzene rings is 1. The lowest BCUT2D eigenvalue weighted by Crippen LogP contribution is -2.38. The highest BCUT2D eigenvalue weighted by Crippen LogP contribution is 2.30. The molecule has 1 rings (SSSR count). The summed E-state index contributed by atoms with van der Waals surface area (Å²) in [5.74, 6) is -1.68. The van der Waals surface area contributed by atoms with E-state index in [-0.39, 0.29) is 12.0 Å². The topological polar surface area (TPSA) is 29.1 Å². The zero-order chi connectivity index (χ0) is 15.5. The van der Waals surface area contributed by atoms with Crippen LogP contribution in [0.25, 0.3) is 0 Å². The third-order valence-electron chi connectivity index (χ3n) is 3.10. The van der Waals surface area contributed by atoms with Crippen LogP contribution >= 0.6 is 0 Å². The van der Waals surface area contributed by atoms with E-state index in [2.05, 4.69) is 5.32 Å². The molecule has 0 heterocycles. The molecule has 0 saturated heterocycles. The Morgan fingerprint density at radius 2 is 1.90 bits per heavy atom. The van der Waals surface area contributed by atoms with Crippen molar-refractivity contribution in [2.45, 2.75) is 39.4 Å². The van der Waals surface area contributed by atoms with Crippen LogP contribution in [0.1, 0.15) is 43.1 Å². The van der Waals surface area contributed by atoms with E-state index in [0.717, 1.165) is 0 Å². The van der Waals surface area contributed by atoms with Gasteiger partial charge >= 0.3 is 6.18 Å². The molecule has 1 unspecified atom stereocenters.